The maximum absolute atomic E-state index is 4.24. The fraction of sp³-hybridized carbons (Fsp3) is 0.500. The Kier molecular flexibility index (Phi) is 4.69. The molecule has 0 N–H and O–H groups in total. The zero-order chi connectivity index (χ0) is 16.4. The predicted octanol–water partition coefficient (Wildman–Crippen LogP) is 5.06. The van der Waals surface area contributed by atoms with E-state index in [1.165, 1.54) is 5.70 Å². The Labute approximate surface area is 136 Å². The number of allylic oxidation sites excluding steroid dienone is 5. The van der Waals surface area contributed by atoms with E-state index in [2.05, 4.69) is 81.4 Å². The fourth-order valence-corrected chi connectivity index (χ4v) is 4.32. The third-order valence-electron chi connectivity index (χ3n) is 5.86. The van der Waals surface area contributed by atoms with Gasteiger partial charge in [-0.05, 0) is 30.8 Å². The molecule has 2 heteroatoms. The Morgan fingerprint density at radius 1 is 1.23 bits per heavy atom. The zero-order valence-corrected chi connectivity index (χ0v) is 14.5. The monoisotopic (exact) mass is 298 g/mol. The van der Waals surface area contributed by atoms with Crippen LogP contribution in [0.3, 0.4) is 0 Å². The van der Waals surface area contributed by atoms with Gasteiger partial charge in [-0.1, -0.05) is 51.7 Å². The second-order valence-corrected chi connectivity index (χ2v) is 6.71. The van der Waals surface area contributed by atoms with Crippen LogP contribution in [0.2, 0.25) is 0 Å². The van der Waals surface area contributed by atoms with Crippen LogP contribution in [0.5, 0.6) is 0 Å². The van der Waals surface area contributed by atoms with Crippen molar-refractivity contribution >= 4 is 0 Å². The number of rotatable bonds is 5. The van der Waals surface area contributed by atoms with Gasteiger partial charge in [-0.15, -0.1) is 6.58 Å². The molecule has 0 spiro atoms. The summed E-state index contributed by atoms with van der Waals surface area (Å²) in [6.45, 7) is 15.0. The van der Waals surface area contributed by atoms with Gasteiger partial charge in [-0.25, -0.2) is 0 Å². The maximum atomic E-state index is 4.24. The molecule has 0 radical (unpaired) electrons. The lowest BCUT2D eigenvalue weighted by molar-refractivity contribution is -0.0626. The van der Waals surface area contributed by atoms with Gasteiger partial charge in [0.1, 0.15) is 6.17 Å². The van der Waals surface area contributed by atoms with Gasteiger partial charge in [0.05, 0.1) is 0 Å². The molecular formula is C20H30N2. The van der Waals surface area contributed by atoms with Crippen LogP contribution in [0.25, 0.3) is 0 Å². The molecule has 2 heterocycles. The van der Waals surface area contributed by atoms with E-state index in [4.69, 9.17) is 0 Å². The Bertz CT molecular complexity index is 528. The Morgan fingerprint density at radius 2 is 1.95 bits per heavy atom. The van der Waals surface area contributed by atoms with Gasteiger partial charge >= 0.3 is 0 Å². The molecule has 0 amide bonds. The molecule has 2 aliphatic heterocycles. The van der Waals surface area contributed by atoms with Crippen molar-refractivity contribution in [2.45, 2.75) is 46.2 Å². The molecule has 2 aliphatic rings. The van der Waals surface area contributed by atoms with Gasteiger partial charge in [0.15, 0.2) is 0 Å². The minimum Gasteiger partial charge on any atom is -0.358 e. The summed E-state index contributed by atoms with van der Waals surface area (Å²) in [4.78, 5) is 4.76. The van der Waals surface area contributed by atoms with E-state index in [0.29, 0.717) is 6.17 Å². The van der Waals surface area contributed by atoms with Gasteiger partial charge in [-0.3, -0.25) is 0 Å². The van der Waals surface area contributed by atoms with Gasteiger partial charge in [0.2, 0.25) is 0 Å². The Balaban J connectivity index is 2.54. The number of nitrogens with zero attached hydrogens (tertiary/aromatic N) is 2. The van der Waals surface area contributed by atoms with Crippen LogP contribution in [-0.2, 0) is 0 Å². The minimum atomic E-state index is 0.0828. The van der Waals surface area contributed by atoms with E-state index in [9.17, 15) is 0 Å². The summed E-state index contributed by atoms with van der Waals surface area (Å²) in [5.41, 5.74) is 1.66. The van der Waals surface area contributed by atoms with Crippen molar-refractivity contribution in [2.24, 2.45) is 10.8 Å². The summed E-state index contributed by atoms with van der Waals surface area (Å²) in [5.74, 6) is 0. The van der Waals surface area contributed by atoms with Crippen molar-refractivity contribution in [2.75, 3.05) is 7.05 Å². The van der Waals surface area contributed by atoms with Crippen LogP contribution >= 0.6 is 0 Å². The lowest BCUT2D eigenvalue weighted by Crippen LogP contribution is -2.60. The van der Waals surface area contributed by atoms with Crippen molar-refractivity contribution in [3.63, 3.8) is 0 Å². The van der Waals surface area contributed by atoms with Crippen LogP contribution in [0.15, 0.2) is 61.6 Å². The zero-order valence-electron chi connectivity index (χ0n) is 14.5. The van der Waals surface area contributed by atoms with Gasteiger partial charge in [0.25, 0.3) is 0 Å². The van der Waals surface area contributed by atoms with Crippen LogP contribution in [-0.4, -0.2) is 23.0 Å². The molecule has 2 rings (SSSR count). The fourth-order valence-electron chi connectivity index (χ4n) is 4.32. The second kappa shape index (κ2) is 6.20. The van der Waals surface area contributed by atoms with Crippen LogP contribution in [0.1, 0.15) is 40.0 Å². The lowest BCUT2D eigenvalue weighted by Gasteiger charge is -2.59. The van der Waals surface area contributed by atoms with E-state index in [0.717, 1.165) is 19.3 Å². The first-order valence-electron chi connectivity index (χ1n) is 8.30. The van der Waals surface area contributed by atoms with Crippen molar-refractivity contribution in [1.82, 2.24) is 9.80 Å². The molecule has 2 nitrogen and oxygen atoms in total. The SMILES string of the molecule is C=C/C=C\C=C1/CC(C)(CC)C(C=C)(CC)C2N(C)C=CN12. The van der Waals surface area contributed by atoms with Crippen LogP contribution < -0.4 is 0 Å². The van der Waals surface area contributed by atoms with Crippen molar-refractivity contribution < 1.29 is 0 Å². The maximum Gasteiger partial charge on any atom is 0.114 e. The summed E-state index contributed by atoms with van der Waals surface area (Å²) in [6, 6.07) is 0. The van der Waals surface area contributed by atoms with E-state index < -0.39 is 0 Å². The molecule has 3 atom stereocenters. The number of fused-ring (bicyclic) bond motifs is 1. The molecule has 0 aromatic heterocycles. The van der Waals surface area contributed by atoms with E-state index in [-0.39, 0.29) is 10.8 Å². The topological polar surface area (TPSA) is 6.48 Å². The first-order chi connectivity index (χ1) is 10.5. The highest BCUT2D eigenvalue weighted by molar-refractivity contribution is 5.29. The normalized spacial score (nSPS) is 36.2. The molecule has 3 unspecified atom stereocenters. The molecule has 120 valence electrons. The summed E-state index contributed by atoms with van der Waals surface area (Å²) < 4.78 is 0. The molecule has 0 aromatic carbocycles. The molecule has 1 fully saturated rings. The quantitative estimate of drug-likeness (QED) is 0.517. The van der Waals surface area contributed by atoms with Crippen LogP contribution in [0, 0.1) is 10.8 Å². The summed E-state index contributed by atoms with van der Waals surface area (Å²) in [5, 5.41) is 0. The van der Waals surface area contributed by atoms with Gasteiger partial charge in [-0.2, -0.15) is 0 Å². The predicted molar refractivity (Wildman–Crippen MR) is 95.9 cm³/mol. The molecule has 22 heavy (non-hydrogen) atoms. The molecule has 0 saturated carbocycles. The third kappa shape index (κ3) is 2.25. The van der Waals surface area contributed by atoms with E-state index in [1.54, 1.807) is 0 Å². The number of hydrogen-bond donors (Lipinski definition) is 0. The molecule has 0 aromatic rings. The van der Waals surface area contributed by atoms with Gasteiger partial charge in [0, 0.05) is 30.6 Å². The minimum absolute atomic E-state index is 0.0828. The van der Waals surface area contributed by atoms with Crippen molar-refractivity contribution in [3.05, 3.63) is 61.6 Å². The van der Waals surface area contributed by atoms with E-state index in [1.807, 2.05) is 12.2 Å². The summed E-state index contributed by atoms with van der Waals surface area (Å²) in [6.07, 6.45) is 18.4. The summed E-state index contributed by atoms with van der Waals surface area (Å²) in [7, 11) is 2.17. The van der Waals surface area contributed by atoms with Crippen molar-refractivity contribution in [1.29, 1.82) is 0 Å². The van der Waals surface area contributed by atoms with E-state index >= 15 is 0 Å². The molecule has 0 aliphatic carbocycles. The largest absolute Gasteiger partial charge is 0.358 e. The van der Waals surface area contributed by atoms with Gasteiger partial charge < -0.3 is 9.80 Å². The third-order valence-corrected chi connectivity index (χ3v) is 5.86. The highest BCUT2D eigenvalue weighted by Crippen LogP contribution is 2.59. The highest BCUT2D eigenvalue weighted by atomic mass is 15.4. The Morgan fingerprint density at radius 3 is 2.50 bits per heavy atom. The molecule has 0 bridgehead atoms. The second-order valence-electron chi connectivity index (χ2n) is 6.71. The smallest absolute Gasteiger partial charge is 0.114 e. The molecular weight excluding hydrogens is 268 g/mol. The number of piperidine rings is 1. The summed E-state index contributed by atoms with van der Waals surface area (Å²) >= 11 is 0. The Hall–Kier alpha value is -1.70. The average Bonchev–Trinajstić information content (AvgIpc) is 2.91. The first kappa shape index (κ1) is 16.7. The average molecular weight is 298 g/mol. The van der Waals surface area contributed by atoms with Crippen molar-refractivity contribution in [3.8, 4) is 0 Å². The number of hydrogen-bond acceptors (Lipinski definition) is 2. The lowest BCUT2D eigenvalue weighted by atomic mass is 9.55. The molecule has 1 saturated heterocycles. The standard InChI is InChI=1S/C20H30N2/c1-7-11-12-13-17-16-19(5,8-2)20(9-3,10-4)18-21(6)14-15-22(17)18/h7,9,11-15,18H,1,3,8,10,16H2,2,4-6H3/b12-11-,17-13+. The van der Waals surface area contributed by atoms with Crippen LogP contribution in [0.4, 0.5) is 0 Å². The first-order valence-corrected chi connectivity index (χ1v) is 8.30. The highest BCUT2D eigenvalue weighted by Gasteiger charge is 2.57.